The minimum Gasteiger partial charge on any atom is -0.464 e. The molecule has 0 unspecified atom stereocenters. The van der Waals surface area contributed by atoms with Crippen LogP contribution in [-0.2, 0) is 0 Å². The smallest absolute Gasteiger partial charge is 0.219 e. The minimum atomic E-state index is 0.222. The molecular formula is C8H9N3O. The second-order valence-electron chi connectivity index (χ2n) is 1.98. The molecule has 0 bridgehead atoms. The number of terminal acetylenes is 1. The van der Waals surface area contributed by atoms with E-state index in [1.807, 2.05) is 0 Å². The molecular weight excluding hydrogens is 154 g/mol. The molecule has 0 atom stereocenters. The summed E-state index contributed by atoms with van der Waals surface area (Å²) >= 11 is 0. The summed E-state index contributed by atoms with van der Waals surface area (Å²) < 4.78 is 5.07. The van der Waals surface area contributed by atoms with Crippen LogP contribution in [0.15, 0.2) is 12.4 Å². The van der Waals surface area contributed by atoms with Crippen molar-refractivity contribution in [1.82, 2.24) is 9.97 Å². The van der Waals surface area contributed by atoms with Crippen LogP contribution in [0.1, 0.15) is 0 Å². The van der Waals surface area contributed by atoms with E-state index in [-0.39, 0.29) is 6.61 Å². The molecule has 0 aromatic carbocycles. The van der Waals surface area contributed by atoms with Crippen LogP contribution in [0, 0.1) is 12.3 Å². The van der Waals surface area contributed by atoms with Gasteiger partial charge in [0, 0.05) is 13.1 Å². The molecule has 4 nitrogen and oxygen atoms in total. The highest BCUT2D eigenvalue weighted by molar-refractivity contribution is 5.35. The lowest BCUT2D eigenvalue weighted by Crippen LogP contribution is -1.98. The first kappa shape index (κ1) is 8.34. The number of rotatable bonds is 3. The van der Waals surface area contributed by atoms with E-state index in [2.05, 4.69) is 21.2 Å². The van der Waals surface area contributed by atoms with E-state index in [4.69, 9.17) is 11.2 Å². The fourth-order valence-electron chi connectivity index (χ4n) is 0.671. The summed E-state index contributed by atoms with van der Waals surface area (Å²) in [6.45, 7) is 0.222. The van der Waals surface area contributed by atoms with Gasteiger partial charge in [0.05, 0.1) is 0 Å². The molecule has 1 rings (SSSR count). The van der Waals surface area contributed by atoms with Gasteiger partial charge in [0.25, 0.3) is 0 Å². The number of anilines is 1. The number of nitrogens with zero attached hydrogens (tertiary/aromatic N) is 2. The third-order valence-corrected chi connectivity index (χ3v) is 1.20. The van der Waals surface area contributed by atoms with E-state index in [1.165, 1.54) is 6.33 Å². The van der Waals surface area contributed by atoms with Gasteiger partial charge in [-0.15, -0.1) is 6.42 Å². The van der Waals surface area contributed by atoms with E-state index < -0.39 is 0 Å². The van der Waals surface area contributed by atoms with Gasteiger partial charge >= 0.3 is 0 Å². The summed E-state index contributed by atoms with van der Waals surface area (Å²) in [6, 6.07) is 1.68. The van der Waals surface area contributed by atoms with Crippen molar-refractivity contribution in [1.29, 1.82) is 0 Å². The number of aromatic nitrogens is 2. The summed E-state index contributed by atoms with van der Waals surface area (Å²) in [7, 11) is 1.77. The normalized spacial score (nSPS) is 8.67. The lowest BCUT2D eigenvalue weighted by Gasteiger charge is -2.01. The Balaban J connectivity index is 2.67. The zero-order valence-corrected chi connectivity index (χ0v) is 6.74. The predicted octanol–water partition coefficient (Wildman–Crippen LogP) is 0.530. The van der Waals surface area contributed by atoms with Gasteiger partial charge in [-0.05, 0) is 0 Å². The van der Waals surface area contributed by atoms with E-state index >= 15 is 0 Å². The first-order chi connectivity index (χ1) is 5.86. The van der Waals surface area contributed by atoms with Gasteiger partial charge in [-0.2, -0.15) is 0 Å². The molecule has 62 valence electrons. The van der Waals surface area contributed by atoms with E-state index in [0.717, 1.165) is 0 Å². The standard InChI is InChI=1S/C8H9N3O/c1-3-4-12-8-5-7(9-2)10-6-11-8/h1,5-6H,4H2,2H3,(H,9,10,11). The lowest BCUT2D eigenvalue weighted by molar-refractivity contribution is 0.355. The number of hydrogen-bond acceptors (Lipinski definition) is 4. The first-order valence-corrected chi connectivity index (χ1v) is 3.43. The predicted molar refractivity (Wildman–Crippen MR) is 45.9 cm³/mol. The zero-order valence-electron chi connectivity index (χ0n) is 6.74. The van der Waals surface area contributed by atoms with Crippen LogP contribution in [0.3, 0.4) is 0 Å². The molecule has 4 heteroatoms. The summed E-state index contributed by atoms with van der Waals surface area (Å²) in [5.41, 5.74) is 0. The molecule has 0 saturated carbocycles. The van der Waals surface area contributed by atoms with Gasteiger partial charge in [-0.1, -0.05) is 5.92 Å². The molecule has 0 radical (unpaired) electrons. The lowest BCUT2D eigenvalue weighted by atomic mass is 10.5. The second-order valence-corrected chi connectivity index (χ2v) is 1.98. The van der Waals surface area contributed by atoms with E-state index in [0.29, 0.717) is 11.7 Å². The molecule has 1 aromatic rings. The Kier molecular flexibility index (Phi) is 2.91. The average molecular weight is 163 g/mol. The number of hydrogen-bond donors (Lipinski definition) is 1. The van der Waals surface area contributed by atoms with E-state index in [1.54, 1.807) is 13.1 Å². The first-order valence-electron chi connectivity index (χ1n) is 3.43. The SMILES string of the molecule is C#CCOc1cc(NC)ncn1. The second kappa shape index (κ2) is 4.19. The van der Waals surface area contributed by atoms with Crippen molar-refractivity contribution in [2.75, 3.05) is 19.0 Å². The largest absolute Gasteiger partial charge is 0.464 e. The van der Waals surface area contributed by atoms with Gasteiger partial charge in [0.2, 0.25) is 5.88 Å². The quantitative estimate of drug-likeness (QED) is 0.660. The van der Waals surface area contributed by atoms with Crippen LogP contribution in [0.4, 0.5) is 5.82 Å². The summed E-state index contributed by atoms with van der Waals surface area (Å²) in [4.78, 5) is 7.77. The third-order valence-electron chi connectivity index (χ3n) is 1.20. The molecule has 1 heterocycles. The molecule has 0 amide bonds. The number of ether oxygens (including phenoxy) is 1. The Bertz CT molecular complexity index is 293. The Labute approximate surface area is 71.0 Å². The minimum absolute atomic E-state index is 0.222. The zero-order chi connectivity index (χ0) is 8.81. The van der Waals surface area contributed by atoms with E-state index in [9.17, 15) is 0 Å². The van der Waals surface area contributed by atoms with Crippen molar-refractivity contribution in [3.63, 3.8) is 0 Å². The highest BCUT2D eigenvalue weighted by atomic mass is 16.5. The van der Waals surface area contributed by atoms with Crippen molar-refractivity contribution in [2.45, 2.75) is 0 Å². The van der Waals surface area contributed by atoms with Gasteiger partial charge in [0.15, 0.2) is 6.61 Å². The van der Waals surface area contributed by atoms with Gasteiger partial charge in [0.1, 0.15) is 12.1 Å². The van der Waals surface area contributed by atoms with Gasteiger partial charge in [-0.25, -0.2) is 9.97 Å². The maximum absolute atomic E-state index is 5.07. The maximum atomic E-state index is 5.07. The highest BCUT2D eigenvalue weighted by Crippen LogP contribution is 2.09. The summed E-state index contributed by atoms with van der Waals surface area (Å²) in [5.74, 6) is 3.54. The number of nitrogens with one attached hydrogen (secondary N) is 1. The Morgan fingerprint density at radius 3 is 3.17 bits per heavy atom. The Hall–Kier alpha value is -1.76. The van der Waals surface area contributed by atoms with Gasteiger partial charge < -0.3 is 10.1 Å². The molecule has 12 heavy (non-hydrogen) atoms. The fraction of sp³-hybridized carbons (Fsp3) is 0.250. The van der Waals surface area contributed by atoms with Crippen LogP contribution in [-0.4, -0.2) is 23.6 Å². The van der Waals surface area contributed by atoms with Crippen molar-refractivity contribution in [3.05, 3.63) is 12.4 Å². The molecule has 1 aromatic heterocycles. The molecule has 0 fully saturated rings. The van der Waals surface area contributed by atoms with Crippen molar-refractivity contribution in [3.8, 4) is 18.2 Å². The molecule has 0 aliphatic heterocycles. The van der Waals surface area contributed by atoms with Crippen LogP contribution >= 0.6 is 0 Å². The van der Waals surface area contributed by atoms with Crippen LogP contribution in [0.25, 0.3) is 0 Å². The molecule has 0 aliphatic carbocycles. The topological polar surface area (TPSA) is 47.0 Å². The Morgan fingerprint density at radius 2 is 2.50 bits per heavy atom. The van der Waals surface area contributed by atoms with Gasteiger partial charge in [-0.3, -0.25) is 0 Å². The fourth-order valence-corrected chi connectivity index (χ4v) is 0.671. The monoisotopic (exact) mass is 163 g/mol. The van der Waals surface area contributed by atoms with Crippen LogP contribution in [0.5, 0.6) is 5.88 Å². The van der Waals surface area contributed by atoms with Crippen molar-refractivity contribution < 1.29 is 4.74 Å². The van der Waals surface area contributed by atoms with Crippen molar-refractivity contribution >= 4 is 5.82 Å². The third kappa shape index (κ3) is 2.13. The Morgan fingerprint density at radius 1 is 1.67 bits per heavy atom. The molecule has 0 spiro atoms. The molecule has 1 N–H and O–H groups in total. The van der Waals surface area contributed by atoms with Crippen LogP contribution < -0.4 is 10.1 Å². The summed E-state index contributed by atoms with van der Waals surface area (Å²) in [5, 5.41) is 2.86. The molecule has 0 saturated heterocycles. The maximum Gasteiger partial charge on any atom is 0.219 e. The molecule has 0 aliphatic rings. The van der Waals surface area contributed by atoms with Crippen LogP contribution in [0.2, 0.25) is 0 Å². The van der Waals surface area contributed by atoms with Crippen molar-refractivity contribution in [2.24, 2.45) is 0 Å². The highest BCUT2D eigenvalue weighted by Gasteiger charge is 1.95. The average Bonchev–Trinajstić information content (AvgIpc) is 2.15. The summed E-state index contributed by atoms with van der Waals surface area (Å²) in [6.07, 6.45) is 6.43.